The molecule has 0 amide bonds. The third kappa shape index (κ3) is 3.61. The first-order valence-electron chi connectivity index (χ1n) is 8.29. The minimum absolute atomic E-state index is 0.126. The molecule has 0 atom stereocenters. The highest BCUT2D eigenvalue weighted by Gasteiger charge is 2.72. The molecule has 2 nitrogen and oxygen atoms in total. The monoisotopic (exact) mass is 423 g/mol. The van der Waals surface area contributed by atoms with Gasteiger partial charge in [-0.25, -0.2) is 13.8 Å². The summed E-state index contributed by atoms with van der Waals surface area (Å²) in [4.78, 5) is 3.83. The maximum absolute atomic E-state index is 14.9. The highest BCUT2D eigenvalue weighted by atomic mass is 19.4. The zero-order valence-corrected chi connectivity index (χ0v) is 14.5. The van der Waals surface area contributed by atoms with Crippen molar-refractivity contribution in [2.45, 2.75) is 30.8 Å². The number of alkyl halides is 6. The first-order valence-corrected chi connectivity index (χ1v) is 8.29. The SMILES string of the molecule is C=C(c1cc(C(O)(C(F)(F)F)C(F)(F)F)c(F)c(-c2ccc(F)cc2)n1)C1CC1. The Hall–Kier alpha value is -2.49. The molecule has 3 rings (SSSR count). The third-order valence-electron chi connectivity index (χ3n) is 4.68. The van der Waals surface area contributed by atoms with E-state index in [0.29, 0.717) is 12.8 Å². The molecule has 10 heteroatoms. The van der Waals surface area contributed by atoms with Crippen LogP contribution >= 0.6 is 0 Å². The predicted octanol–water partition coefficient (Wildman–Crippen LogP) is 5.76. The van der Waals surface area contributed by atoms with Crippen LogP contribution in [-0.4, -0.2) is 22.4 Å². The Balaban J connectivity index is 2.33. The van der Waals surface area contributed by atoms with Crippen LogP contribution in [0.1, 0.15) is 24.1 Å². The van der Waals surface area contributed by atoms with Gasteiger partial charge in [0.15, 0.2) is 5.82 Å². The van der Waals surface area contributed by atoms with Gasteiger partial charge in [0, 0.05) is 11.1 Å². The smallest absolute Gasteiger partial charge is 0.369 e. The Morgan fingerprint density at radius 3 is 1.93 bits per heavy atom. The van der Waals surface area contributed by atoms with Crippen LogP contribution < -0.4 is 0 Å². The van der Waals surface area contributed by atoms with E-state index < -0.39 is 46.5 Å². The van der Waals surface area contributed by atoms with Crippen LogP contribution in [0.3, 0.4) is 0 Å². The van der Waals surface area contributed by atoms with Crippen molar-refractivity contribution in [1.29, 1.82) is 0 Å². The number of rotatable bonds is 4. The number of aliphatic hydroxyl groups is 1. The molecule has 2 aromatic rings. The third-order valence-corrected chi connectivity index (χ3v) is 4.68. The molecule has 0 spiro atoms. The summed E-state index contributed by atoms with van der Waals surface area (Å²) < 4.78 is 108. The fourth-order valence-electron chi connectivity index (χ4n) is 2.86. The van der Waals surface area contributed by atoms with E-state index in [4.69, 9.17) is 0 Å². The van der Waals surface area contributed by atoms with Crippen LogP contribution in [0.2, 0.25) is 0 Å². The molecule has 0 bridgehead atoms. The molecular formula is C19H13F8NO. The molecule has 0 aliphatic heterocycles. The zero-order chi connectivity index (χ0) is 21.8. The van der Waals surface area contributed by atoms with E-state index in [1.165, 1.54) is 0 Å². The second kappa shape index (κ2) is 6.79. The maximum Gasteiger partial charge on any atom is 0.430 e. The van der Waals surface area contributed by atoms with Crippen LogP contribution in [0, 0.1) is 17.6 Å². The number of aromatic nitrogens is 1. The van der Waals surface area contributed by atoms with Crippen LogP contribution in [0.15, 0.2) is 36.9 Å². The van der Waals surface area contributed by atoms with Gasteiger partial charge >= 0.3 is 12.4 Å². The van der Waals surface area contributed by atoms with Crippen LogP contribution in [0.25, 0.3) is 16.8 Å². The molecule has 1 fully saturated rings. The number of hydrogen-bond donors (Lipinski definition) is 1. The zero-order valence-electron chi connectivity index (χ0n) is 14.5. The van der Waals surface area contributed by atoms with E-state index >= 15 is 0 Å². The van der Waals surface area contributed by atoms with Crippen molar-refractivity contribution < 1.29 is 40.2 Å². The summed E-state index contributed by atoms with van der Waals surface area (Å²) in [5.41, 5.74) is -8.94. The lowest BCUT2D eigenvalue weighted by molar-refractivity contribution is -0.377. The molecule has 0 saturated heterocycles. The van der Waals surface area contributed by atoms with Crippen LogP contribution in [0.4, 0.5) is 35.1 Å². The number of nitrogens with zero attached hydrogens (tertiary/aromatic N) is 1. The van der Waals surface area contributed by atoms with Crippen molar-refractivity contribution in [3.63, 3.8) is 0 Å². The number of allylic oxidation sites excluding steroid dienone is 1. The fraction of sp³-hybridized carbons (Fsp3) is 0.316. The number of pyridine rings is 1. The molecular weight excluding hydrogens is 410 g/mol. The first kappa shape index (κ1) is 21.2. The molecule has 0 radical (unpaired) electrons. The van der Waals surface area contributed by atoms with E-state index in [0.717, 1.165) is 24.3 Å². The van der Waals surface area contributed by atoms with E-state index in [1.54, 1.807) is 0 Å². The second-order valence-corrected chi connectivity index (χ2v) is 6.73. The van der Waals surface area contributed by atoms with Crippen molar-refractivity contribution in [2.24, 2.45) is 5.92 Å². The minimum atomic E-state index is -6.27. The molecule has 156 valence electrons. The Kier molecular flexibility index (Phi) is 4.97. The van der Waals surface area contributed by atoms with Gasteiger partial charge in [-0.2, -0.15) is 26.3 Å². The molecule has 0 unspecified atom stereocenters. The number of halogens is 8. The molecule has 1 saturated carbocycles. The van der Waals surface area contributed by atoms with Crippen LogP contribution in [0.5, 0.6) is 0 Å². The molecule has 1 aliphatic rings. The number of hydrogen-bond acceptors (Lipinski definition) is 2. The van der Waals surface area contributed by atoms with Gasteiger partial charge in [0.2, 0.25) is 0 Å². The van der Waals surface area contributed by atoms with Gasteiger partial charge in [-0.1, -0.05) is 6.58 Å². The average Bonchev–Trinajstić information content (AvgIpc) is 3.44. The quantitative estimate of drug-likeness (QED) is 0.635. The van der Waals surface area contributed by atoms with Gasteiger partial charge in [0.25, 0.3) is 5.60 Å². The van der Waals surface area contributed by atoms with Gasteiger partial charge in [-0.05, 0) is 54.7 Å². The molecule has 1 aromatic heterocycles. The molecule has 1 aromatic carbocycles. The lowest BCUT2D eigenvalue weighted by atomic mass is 9.89. The Morgan fingerprint density at radius 1 is 0.966 bits per heavy atom. The Labute approximate surface area is 159 Å². The summed E-state index contributed by atoms with van der Waals surface area (Å²) in [5.74, 6) is -2.98. The van der Waals surface area contributed by atoms with Crippen molar-refractivity contribution in [2.75, 3.05) is 0 Å². The highest BCUT2D eigenvalue weighted by Crippen LogP contribution is 2.52. The Bertz CT molecular complexity index is 928. The number of benzene rings is 1. The van der Waals surface area contributed by atoms with Gasteiger partial charge in [0.05, 0.1) is 5.69 Å². The first-order chi connectivity index (χ1) is 13.3. The molecule has 1 heterocycles. The lowest BCUT2D eigenvalue weighted by Crippen LogP contribution is -2.54. The predicted molar refractivity (Wildman–Crippen MR) is 87.4 cm³/mol. The van der Waals surface area contributed by atoms with E-state index in [9.17, 15) is 40.2 Å². The molecule has 29 heavy (non-hydrogen) atoms. The van der Waals surface area contributed by atoms with Gasteiger partial charge in [-0.15, -0.1) is 0 Å². The summed E-state index contributed by atoms with van der Waals surface area (Å²) >= 11 is 0. The van der Waals surface area contributed by atoms with Crippen LogP contribution in [-0.2, 0) is 5.60 Å². The molecule has 1 N–H and O–H groups in total. The second-order valence-electron chi connectivity index (χ2n) is 6.73. The van der Waals surface area contributed by atoms with Gasteiger partial charge in [0.1, 0.15) is 11.5 Å². The standard InChI is InChI=1S/C19H13F8NO/c1-9(10-2-3-10)14-8-13(17(29,18(22,23)24)19(25,26)27)15(21)16(28-14)11-4-6-12(20)7-5-11/h4-8,10,29H,1-3H2. The van der Waals surface area contributed by atoms with Crippen molar-refractivity contribution >= 4 is 5.57 Å². The molecule has 1 aliphatic carbocycles. The van der Waals surface area contributed by atoms with E-state index in [2.05, 4.69) is 11.6 Å². The summed E-state index contributed by atoms with van der Waals surface area (Å²) in [7, 11) is 0. The summed E-state index contributed by atoms with van der Waals surface area (Å²) in [6.07, 6.45) is -11.3. The van der Waals surface area contributed by atoms with Crippen molar-refractivity contribution in [1.82, 2.24) is 4.98 Å². The Morgan fingerprint density at radius 2 is 1.48 bits per heavy atom. The maximum atomic E-state index is 14.9. The average molecular weight is 423 g/mol. The summed E-state index contributed by atoms with van der Waals surface area (Å²) in [6, 6.07) is 3.82. The van der Waals surface area contributed by atoms with E-state index in [-0.39, 0.29) is 23.1 Å². The summed E-state index contributed by atoms with van der Waals surface area (Å²) in [5, 5.41) is 9.70. The van der Waals surface area contributed by atoms with Crippen molar-refractivity contribution in [3.8, 4) is 11.3 Å². The largest absolute Gasteiger partial charge is 0.430 e. The topological polar surface area (TPSA) is 33.1 Å². The normalized spacial score (nSPS) is 15.5. The lowest BCUT2D eigenvalue weighted by Gasteiger charge is -2.33. The minimum Gasteiger partial charge on any atom is -0.369 e. The van der Waals surface area contributed by atoms with Gasteiger partial charge in [-0.3, -0.25) is 0 Å². The van der Waals surface area contributed by atoms with E-state index in [1.807, 2.05) is 0 Å². The fourth-order valence-corrected chi connectivity index (χ4v) is 2.86. The van der Waals surface area contributed by atoms with Crippen molar-refractivity contribution in [3.05, 3.63) is 59.8 Å². The summed E-state index contributed by atoms with van der Waals surface area (Å²) in [6.45, 7) is 3.62. The highest BCUT2D eigenvalue weighted by molar-refractivity contribution is 5.70. The van der Waals surface area contributed by atoms with Gasteiger partial charge < -0.3 is 5.11 Å².